The van der Waals surface area contributed by atoms with Crippen LogP contribution in [0.25, 0.3) is 0 Å². The summed E-state index contributed by atoms with van der Waals surface area (Å²) in [6, 6.07) is 47.9. The van der Waals surface area contributed by atoms with E-state index in [1.54, 1.807) is 36.0 Å². The molecule has 0 aliphatic carbocycles. The first-order valence-electron chi connectivity index (χ1n) is 45.1. The van der Waals surface area contributed by atoms with Crippen LogP contribution in [-0.4, -0.2) is 275 Å². The first kappa shape index (κ1) is 130. The van der Waals surface area contributed by atoms with Crippen LogP contribution in [0, 0.1) is 0 Å². The van der Waals surface area contributed by atoms with Crippen molar-refractivity contribution in [2.24, 2.45) is 40.1 Å². The number of hydrogen-bond donors (Lipinski definition) is 15. The summed E-state index contributed by atoms with van der Waals surface area (Å²) >= 11 is 1.65. The molecule has 7 saturated heterocycles. The smallest absolute Gasteiger partial charge is 0.320 e. The van der Waals surface area contributed by atoms with E-state index in [0.717, 1.165) is 119 Å². The number of nitrogens with one attached hydrogen (secondary N) is 1. The zero-order chi connectivity index (χ0) is 97.1. The third-order valence-corrected chi connectivity index (χ3v) is 22.6. The van der Waals surface area contributed by atoms with Crippen molar-refractivity contribution in [3.63, 3.8) is 0 Å². The van der Waals surface area contributed by atoms with Gasteiger partial charge in [-0.05, 0) is 194 Å². The van der Waals surface area contributed by atoms with Crippen LogP contribution >= 0.6 is 11.8 Å². The molecule has 7 atom stereocenters. The largest absolute Gasteiger partial charge is 0.488 e. The number of ether oxygens (including phenoxy) is 15. The summed E-state index contributed by atoms with van der Waals surface area (Å²) in [6.45, 7) is 10.2. The van der Waals surface area contributed by atoms with E-state index in [9.17, 15) is 33.6 Å². The molecule has 0 aromatic heterocycles. The monoisotopic (exact) mass is 2020 g/mol. The summed E-state index contributed by atoms with van der Waals surface area (Å²) in [5, 5.41) is 64.4. The van der Waals surface area contributed by atoms with Gasteiger partial charge in [0.25, 0.3) is 0 Å². The Kier molecular flexibility index (Phi) is 66.9. The Morgan fingerprint density at radius 2 is 0.514 bits per heavy atom. The van der Waals surface area contributed by atoms with Crippen molar-refractivity contribution < 1.29 is 140 Å². The molecular formula is C104H160N8O29S. The zero-order valence-electron chi connectivity index (χ0n) is 75.9. The van der Waals surface area contributed by atoms with E-state index in [1.165, 1.54) is 16.7 Å². The maximum atomic E-state index is 10.7. The van der Waals surface area contributed by atoms with Gasteiger partial charge in [-0.25, -0.2) is 0 Å². The van der Waals surface area contributed by atoms with Gasteiger partial charge in [0.05, 0.1) is 99.0 Å². The molecule has 0 amide bonds. The molecule has 7 aromatic carbocycles. The number of aliphatic carboxylic acids is 7. The number of carboxylic acid groups (broad SMARTS) is 7. The third kappa shape index (κ3) is 53.0. The maximum absolute atomic E-state index is 10.7. The van der Waals surface area contributed by atoms with Gasteiger partial charge in [0.15, 0.2) is 44.0 Å². The number of carbonyl (C=O) groups is 7. The second-order valence-electron chi connectivity index (χ2n) is 32.4. The van der Waals surface area contributed by atoms with Gasteiger partial charge in [-0.3, -0.25) is 33.6 Å². The van der Waals surface area contributed by atoms with Gasteiger partial charge in [-0.2, -0.15) is 0 Å². The van der Waals surface area contributed by atoms with Gasteiger partial charge in [-0.1, -0.05) is 185 Å². The van der Waals surface area contributed by atoms with E-state index in [4.69, 9.17) is 147 Å². The maximum Gasteiger partial charge on any atom is 0.320 e. The predicted molar refractivity (Wildman–Crippen MR) is 544 cm³/mol. The number of carboxylic acids is 7. The van der Waals surface area contributed by atoms with Gasteiger partial charge in [0.2, 0.25) is 0 Å². The zero-order valence-corrected chi connectivity index (χ0v) is 76.7. The normalized spacial score (nSPS) is 16.5. The summed E-state index contributed by atoms with van der Waals surface area (Å²) < 4.78 is 80.4. The highest BCUT2D eigenvalue weighted by Gasteiger charge is 2.25. The lowest BCUT2D eigenvalue weighted by atomic mass is 10.0. The first-order valence-corrected chi connectivity index (χ1v) is 46.1. The minimum Gasteiger partial charge on any atom is -0.488 e. The van der Waals surface area contributed by atoms with Crippen molar-refractivity contribution in [3.8, 4) is 5.75 Å². The Hall–Kier alpha value is -10.1. The molecule has 7 aliphatic rings. The lowest BCUT2D eigenvalue weighted by Gasteiger charge is -2.12. The number of hydrogen-bond acceptors (Lipinski definition) is 31. The predicted octanol–water partition coefficient (Wildman–Crippen LogP) is 10.9. The van der Waals surface area contributed by atoms with Crippen LogP contribution in [0.15, 0.2) is 175 Å². The molecule has 0 saturated carbocycles. The molecule has 0 spiro atoms. The van der Waals surface area contributed by atoms with Crippen molar-refractivity contribution in [3.05, 3.63) is 231 Å². The van der Waals surface area contributed by atoms with Crippen molar-refractivity contribution in [2.45, 2.75) is 252 Å². The Balaban J connectivity index is 0.000000822. The van der Waals surface area contributed by atoms with Crippen molar-refractivity contribution >= 4 is 59.2 Å². The van der Waals surface area contributed by atoms with E-state index in [2.05, 4.69) is 5.32 Å². The Morgan fingerprint density at radius 1 is 0.275 bits per heavy atom. The van der Waals surface area contributed by atoms with Crippen LogP contribution in [0.2, 0.25) is 0 Å². The molecule has 0 bridgehead atoms. The van der Waals surface area contributed by atoms with Crippen molar-refractivity contribution in [2.75, 3.05) is 117 Å². The molecule has 7 heterocycles. The number of rotatable bonds is 44. The van der Waals surface area contributed by atoms with Gasteiger partial charge < -0.3 is 152 Å². The van der Waals surface area contributed by atoms with Crippen LogP contribution < -0.4 is 50.2 Å². The molecule has 22 N–H and O–H groups in total. The highest BCUT2D eigenvalue weighted by Crippen LogP contribution is 2.25. The van der Waals surface area contributed by atoms with Crippen LogP contribution in [0.4, 0.5) is 5.69 Å². The fourth-order valence-corrected chi connectivity index (χ4v) is 14.7. The molecule has 7 unspecified atom stereocenters. The fourth-order valence-electron chi connectivity index (χ4n) is 13.8. The topological polar surface area (TPSA) is 594 Å². The molecular weight excluding hydrogens is 1860 g/mol. The lowest BCUT2D eigenvalue weighted by Crippen LogP contribution is -2.32. The van der Waals surface area contributed by atoms with Gasteiger partial charge in [-0.15, -0.1) is 11.8 Å². The van der Waals surface area contributed by atoms with Crippen molar-refractivity contribution in [1.82, 2.24) is 0 Å². The Morgan fingerprint density at radius 3 is 0.838 bits per heavy atom. The first-order chi connectivity index (χ1) is 65.0. The number of benzene rings is 7. The van der Waals surface area contributed by atoms with Crippen LogP contribution in [0.1, 0.15) is 152 Å². The number of thioether (sulfide) groups is 1. The number of aryl methyl sites for hydroxylation is 3. The Bertz CT molecular complexity index is 4220. The van der Waals surface area contributed by atoms with E-state index in [1.807, 2.05) is 146 Å². The van der Waals surface area contributed by atoms with E-state index in [-0.39, 0.29) is 96.0 Å². The summed E-state index contributed by atoms with van der Waals surface area (Å²) in [5.41, 5.74) is 50.6. The minimum atomic E-state index is -1.00. The van der Waals surface area contributed by atoms with Gasteiger partial charge in [0, 0.05) is 29.2 Å². The summed E-state index contributed by atoms with van der Waals surface area (Å²) in [5.74, 6) is -5.41. The standard InChI is InChI=1S/C16H23NO4.C15H21NO4.C14H19NO4.C13H18N2O4.C13H17NO5.C13H17NO4S.C13H17NO4.7CH4/c17-14(16(18)19)11-13-7-5-12(6-8-13)3-1-2-4-15-20-9-10-21-15;16-13(15(17)18)10-12-6-4-11(5-7-12)2-1-3-14-19-8-9-20-14;15-12(14(16)17)9-11-3-1-10(2-4-11)5-6-13-18-7-8-19-13;14-11(13(16)17)7-9-1-3-10(4-2-9)15-8-12-18-5-6-19-12;2*14-11(13(15)16)7-9-1-3-10(4-2-9)19-8-12-17-5-6-18-12;14-11(13(15)16)7-9-1-3-10(4-2-9)8-12-17-5-6-18-12;;;;;;;/h5-8,14-15H,1-4,9-11,17H2,(H,18,19);4-7,13-14H,1-3,8-10,16H2,(H,17,18);1-4,12-13H,5-9,15H2,(H,16,17);1-4,11-12,15H,5-8,14H2,(H,16,17);2*1-4,11-12H,5-8,14H2,(H,15,16);1-4,11-12H,5-8,14H2,(H,15,16);7*1H4. The van der Waals surface area contributed by atoms with E-state index < -0.39 is 84.1 Å². The fraction of sp³-hybridized carbons (Fsp3) is 0.529. The average molecular weight is 2020 g/mol. The molecule has 37 nitrogen and oxygen atoms in total. The Labute approximate surface area is 841 Å². The molecule has 38 heteroatoms. The molecule has 7 aliphatic heterocycles. The lowest BCUT2D eigenvalue weighted by molar-refractivity contribution is -0.139. The average Bonchev–Trinajstić information content (AvgIpc) is 1.63. The molecule has 0 radical (unpaired) electrons. The number of nitrogens with two attached hydrogens (primary N) is 7. The molecule has 142 heavy (non-hydrogen) atoms. The molecule has 14 rings (SSSR count). The highest BCUT2D eigenvalue weighted by atomic mass is 32.2. The van der Waals surface area contributed by atoms with Gasteiger partial charge >= 0.3 is 41.8 Å². The summed E-state index contributed by atoms with van der Waals surface area (Å²) in [6.07, 6.45) is 10.9. The second-order valence-corrected chi connectivity index (χ2v) is 33.5. The SMILES string of the molecule is C.C.C.C.C.C.C.NC(Cc1ccc(CC2OCCO2)cc1)C(=O)O.NC(Cc1ccc(CCC2OCCO2)cc1)C(=O)O.NC(Cc1ccc(CCCC2OCCO2)cc1)C(=O)O.NC(Cc1ccc(CCCCC2OCCO2)cc1)C(=O)O.NC(Cc1ccc(NCC2OCCO2)cc1)C(=O)O.NC(Cc1ccc(OCC2OCCO2)cc1)C(=O)O.NC(Cc1ccc(SCC2OCCO2)cc1)C(=O)O. The summed E-state index contributed by atoms with van der Waals surface area (Å²) in [4.78, 5) is 75.8. The quantitative estimate of drug-likeness (QED) is 0.0125. The van der Waals surface area contributed by atoms with Gasteiger partial charge in [0.1, 0.15) is 54.6 Å². The number of unbranched alkanes of at least 4 members (excludes halogenated alkanes) is 1. The minimum absolute atomic E-state index is 0. The summed E-state index contributed by atoms with van der Waals surface area (Å²) in [7, 11) is 0. The molecule has 7 fully saturated rings. The van der Waals surface area contributed by atoms with E-state index in [0.29, 0.717) is 163 Å². The van der Waals surface area contributed by atoms with Crippen LogP contribution in [0.5, 0.6) is 5.75 Å². The number of anilines is 1. The second kappa shape index (κ2) is 73.1. The van der Waals surface area contributed by atoms with E-state index >= 15 is 0 Å². The van der Waals surface area contributed by atoms with Crippen LogP contribution in [0.3, 0.4) is 0 Å². The molecule has 796 valence electrons. The third-order valence-electron chi connectivity index (χ3n) is 21.5. The van der Waals surface area contributed by atoms with Crippen molar-refractivity contribution in [1.29, 1.82) is 0 Å². The molecule has 7 aromatic rings. The van der Waals surface area contributed by atoms with Crippen LogP contribution in [-0.2, 0) is 171 Å². The highest BCUT2D eigenvalue weighted by molar-refractivity contribution is 7.99.